The molecule has 0 fully saturated rings. The van der Waals surface area contributed by atoms with Gasteiger partial charge in [-0.05, 0) is 0 Å². The minimum Gasteiger partial charge on any atom is -0.342 e. The summed E-state index contributed by atoms with van der Waals surface area (Å²) in [5.41, 5.74) is 2.08. The molecule has 47 valence electrons. The molecular weight excluding hydrogens is 144 g/mol. The van der Waals surface area contributed by atoms with Crippen LogP contribution >= 0.6 is 0 Å². The Bertz CT molecular complexity index is 355. The third-order valence-electron chi connectivity index (χ3n) is 1.18. The van der Waals surface area contributed by atoms with Crippen molar-refractivity contribution >= 4 is 26.9 Å². The summed E-state index contributed by atoms with van der Waals surface area (Å²) in [5, 5.41) is 0. The van der Waals surface area contributed by atoms with E-state index in [4.69, 9.17) is 0 Å². The SMILES string of the molecule is [Si]c1ncc2[nH]cnc2n1. The number of aromatic nitrogens is 4. The second-order valence-electron chi connectivity index (χ2n) is 1.83. The minimum absolute atomic E-state index is 0.555. The van der Waals surface area contributed by atoms with Gasteiger partial charge in [0.1, 0.15) is 21.2 Å². The number of fused-ring (bicyclic) bond motifs is 1. The van der Waals surface area contributed by atoms with Crippen molar-refractivity contribution in [2.24, 2.45) is 0 Å². The molecule has 1 N–H and O–H groups in total. The van der Waals surface area contributed by atoms with Crippen LogP contribution in [-0.2, 0) is 0 Å². The zero-order valence-corrected chi connectivity index (χ0v) is 6.00. The van der Waals surface area contributed by atoms with Crippen molar-refractivity contribution in [3.05, 3.63) is 12.5 Å². The van der Waals surface area contributed by atoms with Crippen LogP contribution in [0.4, 0.5) is 0 Å². The van der Waals surface area contributed by atoms with Gasteiger partial charge < -0.3 is 4.98 Å². The summed E-state index contributed by atoms with van der Waals surface area (Å²) >= 11 is 0. The topological polar surface area (TPSA) is 54.5 Å². The van der Waals surface area contributed by atoms with Gasteiger partial charge in [-0.3, -0.25) is 0 Å². The fraction of sp³-hybridized carbons (Fsp3) is 0. The van der Waals surface area contributed by atoms with Gasteiger partial charge in [0, 0.05) is 0 Å². The summed E-state index contributed by atoms with van der Waals surface area (Å²) in [7, 11) is 3.19. The van der Waals surface area contributed by atoms with Gasteiger partial charge in [0.25, 0.3) is 0 Å². The van der Waals surface area contributed by atoms with Crippen LogP contribution in [0, 0.1) is 0 Å². The molecule has 0 aliphatic rings. The summed E-state index contributed by atoms with van der Waals surface area (Å²) in [6.07, 6.45) is 3.27. The first-order valence-corrected chi connectivity index (χ1v) is 3.24. The highest BCUT2D eigenvalue weighted by molar-refractivity contribution is 6.29. The average molecular weight is 147 g/mol. The van der Waals surface area contributed by atoms with Crippen molar-refractivity contribution in [3.8, 4) is 0 Å². The average Bonchev–Trinajstić information content (AvgIpc) is 2.33. The Balaban J connectivity index is 2.86. The zero-order valence-electron chi connectivity index (χ0n) is 5.00. The molecule has 4 nitrogen and oxygen atoms in total. The lowest BCUT2D eigenvalue weighted by Crippen LogP contribution is -2.11. The van der Waals surface area contributed by atoms with E-state index in [9.17, 15) is 0 Å². The summed E-state index contributed by atoms with van der Waals surface area (Å²) < 4.78 is 0. The Hall–Kier alpha value is -1.23. The predicted octanol–water partition coefficient (Wildman–Crippen LogP) is -0.853. The van der Waals surface area contributed by atoms with Gasteiger partial charge in [0.15, 0.2) is 5.65 Å². The molecule has 5 heteroatoms. The van der Waals surface area contributed by atoms with E-state index in [0.29, 0.717) is 11.1 Å². The summed E-state index contributed by atoms with van der Waals surface area (Å²) in [6.45, 7) is 0. The smallest absolute Gasteiger partial charge is 0.180 e. The minimum atomic E-state index is 0.555. The van der Waals surface area contributed by atoms with Crippen LogP contribution in [0.15, 0.2) is 12.5 Å². The highest BCUT2D eigenvalue weighted by Gasteiger charge is 1.95. The maximum atomic E-state index is 4.00. The molecule has 0 aliphatic heterocycles. The van der Waals surface area contributed by atoms with Crippen LogP contribution in [0.2, 0.25) is 0 Å². The molecule has 2 aromatic rings. The Morgan fingerprint density at radius 1 is 1.40 bits per heavy atom. The summed E-state index contributed by atoms with van der Waals surface area (Å²) in [4.78, 5) is 14.7. The van der Waals surface area contributed by atoms with Gasteiger partial charge in [0.2, 0.25) is 0 Å². The molecule has 0 atom stereocenters. The maximum Gasteiger partial charge on any atom is 0.180 e. The van der Waals surface area contributed by atoms with Crippen LogP contribution in [0.5, 0.6) is 0 Å². The van der Waals surface area contributed by atoms with Gasteiger partial charge in [-0.2, -0.15) is 0 Å². The number of rotatable bonds is 0. The van der Waals surface area contributed by atoms with Crippen molar-refractivity contribution in [2.75, 3.05) is 0 Å². The number of hydrogen-bond donors (Lipinski definition) is 1. The molecule has 0 saturated heterocycles. The molecule has 2 aromatic heterocycles. The molecule has 0 aliphatic carbocycles. The van der Waals surface area contributed by atoms with Gasteiger partial charge >= 0.3 is 0 Å². The highest BCUT2D eigenvalue weighted by atomic mass is 28.1. The van der Waals surface area contributed by atoms with Gasteiger partial charge in [-0.15, -0.1) is 0 Å². The summed E-state index contributed by atoms with van der Waals surface area (Å²) in [6, 6.07) is 0. The Morgan fingerprint density at radius 3 is 3.20 bits per heavy atom. The number of imidazole rings is 1. The van der Waals surface area contributed by atoms with E-state index in [0.717, 1.165) is 5.52 Å². The van der Waals surface area contributed by atoms with Gasteiger partial charge in [-0.25, -0.2) is 15.0 Å². The predicted molar refractivity (Wildman–Crippen MR) is 37.1 cm³/mol. The third-order valence-corrected chi connectivity index (χ3v) is 1.42. The second kappa shape index (κ2) is 1.88. The van der Waals surface area contributed by atoms with E-state index < -0.39 is 0 Å². The largest absolute Gasteiger partial charge is 0.342 e. The quantitative estimate of drug-likeness (QED) is 0.494. The van der Waals surface area contributed by atoms with Crippen LogP contribution in [0.1, 0.15) is 0 Å². The maximum absolute atomic E-state index is 4.00. The number of aromatic amines is 1. The Labute approximate surface area is 60.2 Å². The van der Waals surface area contributed by atoms with Crippen LogP contribution in [0.3, 0.4) is 0 Å². The number of nitrogens with one attached hydrogen (secondary N) is 1. The molecule has 10 heavy (non-hydrogen) atoms. The van der Waals surface area contributed by atoms with Crippen LogP contribution in [-0.4, -0.2) is 30.2 Å². The lowest BCUT2D eigenvalue weighted by atomic mass is 10.6. The first-order valence-electron chi connectivity index (χ1n) is 2.74. The molecule has 3 radical (unpaired) electrons. The zero-order chi connectivity index (χ0) is 6.97. The standard InChI is InChI=1S/C5H3N4Si/c10-5-6-1-3-4(9-5)8-2-7-3/h1-2H,(H,6,7,8,9). The van der Waals surface area contributed by atoms with Gasteiger partial charge in [0.05, 0.1) is 12.5 Å². The van der Waals surface area contributed by atoms with E-state index in [2.05, 4.69) is 30.2 Å². The summed E-state index contributed by atoms with van der Waals surface area (Å²) in [5.74, 6) is 0. The fourth-order valence-corrected chi connectivity index (χ4v) is 0.906. The van der Waals surface area contributed by atoms with Crippen LogP contribution < -0.4 is 5.45 Å². The number of hydrogen-bond acceptors (Lipinski definition) is 3. The van der Waals surface area contributed by atoms with E-state index in [1.807, 2.05) is 0 Å². The number of nitrogens with zero attached hydrogens (tertiary/aromatic N) is 3. The van der Waals surface area contributed by atoms with Crippen molar-refractivity contribution in [2.45, 2.75) is 0 Å². The molecule has 0 amide bonds. The molecule has 0 bridgehead atoms. The fourth-order valence-electron chi connectivity index (χ4n) is 0.736. The lowest BCUT2D eigenvalue weighted by molar-refractivity contribution is 1.27. The first-order chi connectivity index (χ1) is 4.86. The van der Waals surface area contributed by atoms with E-state index in [1.54, 1.807) is 12.5 Å². The molecule has 0 aromatic carbocycles. The van der Waals surface area contributed by atoms with E-state index >= 15 is 0 Å². The Kier molecular flexibility index (Phi) is 1.04. The molecular formula is C5H3N4Si. The van der Waals surface area contributed by atoms with Crippen molar-refractivity contribution in [1.29, 1.82) is 0 Å². The number of H-pyrrole nitrogens is 1. The van der Waals surface area contributed by atoms with Crippen molar-refractivity contribution in [3.63, 3.8) is 0 Å². The monoisotopic (exact) mass is 147 g/mol. The van der Waals surface area contributed by atoms with E-state index in [1.165, 1.54) is 0 Å². The molecule has 0 spiro atoms. The van der Waals surface area contributed by atoms with E-state index in [-0.39, 0.29) is 0 Å². The molecule has 0 saturated carbocycles. The Morgan fingerprint density at radius 2 is 2.30 bits per heavy atom. The third kappa shape index (κ3) is 0.713. The molecule has 0 unspecified atom stereocenters. The normalized spacial score (nSPS) is 10.5. The highest BCUT2D eigenvalue weighted by Crippen LogP contribution is 1.98. The molecule has 2 heterocycles. The molecule has 2 rings (SSSR count). The van der Waals surface area contributed by atoms with Crippen LogP contribution in [0.25, 0.3) is 11.2 Å². The lowest BCUT2D eigenvalue weighted by Gasteiger charge is -1.87. The van der Waals surface area contributed by atoms with Gasteiger partial charge in [-0.1, -0.05) is 0 Å². The second-order valence-corrected chi connectivity index (χ2v) is 2.28. The van der Waals surface area contributed by atoms with Crippen molar-refractivity contribution in [1.82, 2.24) is 19.9 Å². The first kappa shape index (κ1) is 5.54. The van der Waals surface area contributed by atoms with Crippen molar-refractivity contribution < 1.29 is 0 Å².